The zero-order valence-corrected chi connectivity index (χ0v) is 17.1. The maximum absolute atomic E-state index is 13.3. The molecule has 7 heteroatoms. The van der Waals surface area contributed by atoms with Gasteiger partial charge in [0.1, 0.15) is 0 Å². The summed E-state index contributed by atoms with van der Waals surface area (Å²) in [6, 6.07) is 7.81. The molecule has 0 saturated carbocycles. The van der Waals surface area contributed by atoms with Crippen LogP contribution in [0.4, 0.5) is 13.2 Å². The molecular formula is C22H30F3N3O. The van der Waals surface area contributed by atoms with Crippen LogP contribution in [-0.2, 0) is 25.6 Å². The lowest BCUT2D eigenvalue weighted by atomic mass is 9.73. The van der Waals surface area contributed by atoms with E-state index in [0.717, 1.165) is 43.5 Å². The van der Waals surface area contributed by atoms with Gasteiger partial charge in [-0.05, 0) is 67.8 Å². The number of alkyl halides is 3. The Morgan fingerprint density at radius 1 is 1.21 bits per heavy atom. The van der Waals surface area contributed by atoms with Gasteiger partial charge in [-0.2, -0.15) is 18.3 Å². The van der Waals surface area contributed by atoms with Crippen LogP contribution in [0, 0.1) is 11.3 Å². The molecular weight excluding hydrogens is 379 g/mol. The predicted molar refractivity (Wildman–Crippen MR) is 106 cm³/mol. The van der Waals surface area contributed by atoms with Gasteiger partial charge in [-0.3, -0.25) is 10.00 Å². The first-order chi connectivity index (χ1) is 13.7. The van der Waals surface area contributed by atoms with Crippen LogP contribution in [0.1, 0.15) is 49.2 Å². The summed E-state index contributed by atoms with van der Waals surface area (Å²) in [6.07, 6.45) is -1.86. The van der Waals surface area contributed by atoms with E-state index in [2.05, 4.69) is 35.0 Å². The molecule has 4 nitrogen and oxygen atoms in total. The fourth-order valence-electron chi connectivity index (χ4n) is 4.19. The largest absolute Gasteiger partial charge is 0.416 e. The van der Waals surface area contributed by atoms with E-state index >= 15 is 0 Å². The van der Waals surface area contributed by atoms with E-state index in [9.17, 15) is 18.3 Å². The number of nitrogens with zero attached hydrogens (tertiary/aromatic N) is 2. The second-order valence-corrected chi connectivity index (χ2v) is 8.75. The molecule has 0 spiro atoms. The van der Waals surface area contributed by atoms with Gasteiger partial charge in [0, 0.05) is 18.8 Å². The molecule has 0 atom stereocenters. The summed E-state index contributed by atoms with van der Waals surface area (Å²) < 4.78 is 40.0. The zero-order chi connectivity index (χ0) is 21.1. The number of hydrogen-bond donors (Lipinski definition) is 2. The number of benzene rings is 1. The minimum atomic E-state index is -4.37. The molecule has 0 radical (unpaired) electrons. The molecule has 3 rings (SSSR count). The van der Waals surface area contributed by atoms with Gasteiger partial charge in [0.2, 0.25) is 0 Å². The van der Waals surface area contributed by atoms with Crippen LogP contribution in [-0.4, -0.2) is 39.9 Å². The summed E-state index contributed by atoms with van der Waals surface area (Å²) in [5.41, 5.74) is 1.29. The smallest absolute Gasteiger partial charge is 0.396 e. The Morgan fingerprint density at radius 3 is 2.52 bits per heavy atom. The molecule has 2 heterocycles. The van der Waals surface area contributed by atoms with Crippen molar-refractivity contribution in [2.24, 2.45) is 11.3 Å². The number of aliphatic hydroxyl groups excluding tert-OH is 1. The lowest BCUT2D eigenvalue weighted by Gasteiger charge is -2.41. The first kappa shape index (κ1) is 21.8. The van der Waals surface area contributed by atoms with Crippen LogP contribution in [0.3, 0.4) is 0 Å². The summed E-state index contributed by atoms with van der Waals surface area (Å²) >= 11 is 0. The molecule has 1 aromatic heterocycles. The second kappa shape index (κ2) is 8.88. The molecule has 2 N–H and O–H groups in total. The molecule has 0 aliphatic carbocycles. The Morgan fingerprint density at radius 2 is 1.90 bits per heavy atom. The maximum Gasteiger partial charge on any atom is 0.416 e. The first-order valence-corrected chi connectivity index (χ1v) is 10.2. The standard InChI is InChI=1S/C22H30F3N3O/c1-16(2)11-18-12-19(27-26-18)14-28-9-7-21(15-29,8-10-28)13-17-5-3-4-6-20(17)22(23,24)25/h3-6,12,16,29H,7-11,13-15H2,1-2H3,(H,26,27). The summed E-state index contributed by atoms with van der Waals surface area (Å²) in [7, 11) is 0. The fourth-order valence-corrected chi connectivity index (χ4v) is 4.19. The van der Waals surface area contributed by atoms with Crippen molar-refractivity contribution >= 4 is 0 Å². The molecule has 29 heavy (non-hydrogen) atoms. The number of halogens is 3. The van der Waals surface area contributed by atoms with Crippen LogP contribution < -0.4 is 0 Å². The maximum atomic E-state index is 13.3. The predicted octanol–water partition coefficient (Wildman–Crippen LogP) is 4.44. The summed E-state index contributed by atoms with van der Waals surface area (Å²) in [5, 5.41) is 17.5. The highest BCUT2D eigenvalue weighted by atomic mass is 19.4. The molecule has 0 amide bonds. The van der Waals surface area contributed by atoms with E-state index in [1.54, 1.807) is 6.07 Å². The Balaban J connectivity index is 1.63. The molecule has 160 valence electrons. The van der Waals surface area contributed by atoms with Gasteiger partial charge in [-0.15, -0.1) is 0 Å². The molecule has 2 aromatic rings. The average molecular weight is 409 g/mol. The minimum absolute atomic E-state index is 0.102. The van der Waals surface area contributed by atoms with Gasteiger partial charge in [0.25, 0.3) is 0 Å². The normalized spacial score (nSPS) is 17.8. The zero-order valence-electron chi connectivity index (χ0n) is 17.1. The molecule has 1 aromatic carbocycles. The summed E-state index contributed by atoms with van der Waals surface area (Å²) in [5.74, 6) is 0.547. The molecule has 1 saturated heterocycles. The third-order valence-corrected chi connectivity index (χ3v) is 5.84. The SMILES string of the molecule is CC(C)Cc1cc(CN2CCC(CO)(Cc3ccccc3C(F)(F)F)CC2)[nH]n1. The van der Waals surface area contributed by atoms with E-state index in [1.165, 1.54) is 12.1 Å². The monoisotopic (exact) mass is 409 g/mol. The van der Waals surface area contributed by atoms with Gasteiger partial charge < -0.3 is 5.11 Å². The number of nitrogens with one attached hydrogen (secondary N) is 1. The van der Waals surface area contributed by atoms with Crippen molar-refractivity contribution in [2.75, 3.05) is 19.7 Å². The van der Waals surface area contributed by atoms with Crippen molar-refractivity contribution in [3.05, 3.63) is 52.8 Å². The van der Waals surface area contributed by atoms with Gasteiger partial charge in [0.05, 0.1) is 11.3 Å². The van der Waals surface area contributed by atoms with E-state index < -0.39 is 17.2 Å². The van der Waals surface area contributed by atoms with Crippen LogP contribution in [0.2, 0.25) is 0 Å². The third-order valence-electron chi connectivity index (χ3n) is 5.84. The van der Waals surface area contributed by atoms with E-state index in [4.69, 9.17) is 0 Å². The second-order valence-electron chi connectivity index (χ2n) is 8.75. The number of piperidine rings is 1. The van der Waals surface area contributed by atoms with Gasteiger partial charge in [0.15, 0.2) is 0 Å². The molecule has 1 aliphatic heterocycles. The van der Waals surface area contributed by atoms with Crippen molar-refractivity contribution in [1.29, 1.82) is 0 Å². The number of likely N-dealkylation sites (tertiary alicyclic amines) is 1. The number of aromatic amines is 1. The van der Waals surface area contributed by atoms with Gasteiger partial charge in [-0.25, -0.2) is 0 Å². The Hall–Kier alpha value is -1.86. The summed E-state index contributed by atoms with van der Waals surface area (Å²) in [6.45, 7) is 6.44. The number of hydrogen-bond acceptors (Lipinski definition) is 3. The van der Waals surface area contributed by atoms with Crippen molar-refractivity contribution in [2.45, 2.75) is 52.3 Å². The average Bonchev–Trinajstić information content (AvgIpc) is 3.09. The van der Waals surface area contributed by atoms with Gasteiger partial charge in [-0.1, -0.05) is 32.0 Å². The quantitative estimate of drug-likeness (QED) is 0.711. The Bertz CT molecular complexity index is 793. The summed E-state index contributed by atoms with van der Waals surface area (Å²) in [4.78, 5) is 2.27. The number of rotatable bonds is 7. The van der Waals surface area contributed by atoms with Crippen molar-refractivity contribution in [3.63, 3.8) is 0 Å². The van der Waals surface area contributed by atoms with Crippen LogP contribution in [0.15, 0.2) is 30.3 Å². The van der Waals surface area contributed by atoms with E-state index in [0.29, 0.717) is 18.8 Å². The minimum Gasteiger partial charge on any atom is -0.396 e. The van der Waals surface area contributed by atoms with Crippen molar-refractivity contribution in [3.8, 4) is 0 Å². The van der Waals surface area contributed by atoms with E-state index in [-0.39, 0.29) is 18.6 Å². The van der Waals surface area contributed by atoms with Crippen molar-refractivity contribution < 1.29 is 18.3 Å². The first-order valence-electron chi connectivity index (χ1n) is 10.2. The molecule has 0 unspecified atom stereocenters. The fraction of sp³-hybridized carbons (Fsp3) is 0.591. The van der Waals surface area contributed by atoms with Gasteiger partial charge >= 0.3 is 6.18 Å². The number of aliphatic hydroxyl groups is 1. The lowest BCUT2D eigenvalue weighted by Crippen LogP contribution is -2.43. The topological polar surface area (TPSA) is 52.1 Å². The van der Waals surface area contributed by atoms with Crippen LogP contribution >= 0.6 is 0 Å². The molecule has 1 aliphatic rings. The highest BCUT2D eigenvalue weighted by molar-refractivity contribution is 5.31. The third kappa shape index (κ3) is 5.60. The highest BCUT2D eigenvalue weighted by Gasteiger charge is 2.38. The number of H-pyrrole nitrogens is 1. The van der Waals surface area contributed by atoms with Crippen LogP contribution in [0.5, 0.6) is 0 Å². The van der Waals surface area contributed by atoms with Crippen LogP contribution in [0.25, 0.3) is 0 Å². The Labute approximate surface area is 170 Å². The lowest BCUT2D eigenvalue weighted by molar-refractivity contribution is -0.138. The number of aromatic nitrogens is 2. The van der Waals surface area contributed by atoms with Crippen molar-refractivity contribution in [1.82, 2.24) is 15.1 Å². The molecule has 0 bridgehead atoms. The van der Waals surface area contributed by atoms with E-state index in [1.807, 2.05) is 0 Å². The Kier molecular flexibility index (Phi) is 6.69. The highest BCUT2D eigenvalue weighted by Crippen LogP contribution is 2.39. The molecule has 1 fully saturated rings.